The number of carbonyl (C=O) groups excluding carboxylic acids is 2. The van der Waals surface area contributed by atoms with Gasteiger partial charge in [0.2, 0.25) is 0 Å². The molecule has 0 radical (unpaired) electrons. The van der Waals surface area contributed by atoms with E-state index in [1.54, 1.807) is 4.90 Å². The van der Waals surface area contributed by atoms with E-state index in [0.717, 1.165) is 40.5 Å². The van der Waals surface area contributed by atoms with Crippen LogP contribution in [-0.4, -0.2) is 17.9 Å². The van der Waals surface area contributed by atoms with Gasteiger partial charge in [0.15, 0.2) is 0 Å². The van der Waals surface area contributed by atoms with Crippen molar-refractivity contribution < 1.29 is 9.59 Å². The quantitative estimate of drug-likeness (QED) is 0.361. The van der Waals surface area contributed by atoms with Gasteiger partial charge >= 0.3 is 0 Å². The van der Waals surface area contributed by atoms with Crippen LogP contribution >= 0.6 is 23.4 Å². The summed E-state index contributed by atoms with van der Waals surface area (Å²) in [5.41, 5.74) is 3.40. The van der Waals surface area contributed by atoms with E-state index in [4.69, 9.17) is 11.6 Å². The monoisotopic (exact) mass is 516 g/mol. The second kappa shape index (κ2) is 10.9. The molecule has 1 heterocycles. The molecule has 0 atom stereocenters. The summed E-state index contributed by atoms with van der Waals surface area (Å²) >= 11 is 7.66. The molecule has 0 bridgehead atoms. The third kappa shape index (κ3) is 5.69. The highest BCUT2D eigenvalue weighted by Gasteiger charge is 2.29. The number of halogens is 1. The molecule has 1 aliphatic heterocycles. The average Bonchev–Trinajstić information content (AvgIpc) is 2.88. The van der Waals surface area contributed by atoms with Gasteiger partial charge < -0.3 is 10.2 Å². The van der Waals surface area contributed by atoms with Crippen LogP contribution < -0.4 is 10.2 Å². The molecule has 4 nitrogen and oxygen atoms in total. The number of para-hydroxylation sites is 1. The van der Waals surface area contributed by atoms with Gasteiger partial charge in [0.05, 0.1) is 17.1 Å². The molecule has 0 aromatic heterocycles. The van der Waals surface area contributed by atoms with Crippen LogP contribution in [0.3, 0.4) is 0 Å². The van der Waals surface area contributed by atoms with Crippen molar-refractivity contribution in [3.63, 3.8) is 0 Å². The van der Waals surface area contributed by atoms with Crippen LogP contribution in [0.5, 0.6) is 0 Å². The summed E-state index contributed by atoms with van der Waals surface area (Å²) in [5.74, 6) is 0.671. The molecule has 2 amide bonds. The number of rotatable bonds is 5. The largest absolute Gasteiger partial charge is 0.349 e. The highest BCUT2D eigenvalue weighted by atomic mass is 35.5. The SMILES string of the molecule is CC1CCC(NC(=O)c2ccc(C=C3Sc4ccccc4N(Cc4cccc(Cl)c4)C3=O)cc2)CC1. The summed E-state index contributed by atoms with van der Waals surface area (Å²) in [4.78, 5) is 29.7. The van der Waals surface area contributed by atoms with E-state index in [1.807, 2.05) is 78.9 Å². The first-order valence-corrected chi connectivity index (χ1v) is 13.6. The zero-order valence-corrected chi connectivity index (χ0v) is 21.8. The molecule has 2 aliphatic rings. The Morgan fingerprint density at radius 3 is 2.53 bits per heavy atom. The Hall–Kier alpha value is -3.02. The van der Waals surface area contributed by atoms with Gasteiger partial charge in [-0.3, -0.25) is 9.59 Å². The van der Waals surface area contributed by atoms with Crippen LogP contribution in [0.1, 0.15) is 54.1 Å². The van der Waals surface area contributed by atoms with E-state index < -0.39 is 0 Å². The zero-order valence-electron chi connectivity index (χ0n) is 20.2. The molecule has 0 spiro atoms. The van der Waals surface area contributed by atoms with Crippen LogP contribution in [0, 0.1) is 5.92 Å². The highest BCUT2D eigenvalue weighted by molar-refractivity contribution is 8.04. The molecule has 3 aromatic rings. The number of carbonyl (C=O) groups is 2. The van der Waals surface area contributed by atoms with E-state index in [0.29, 0.717) is 22.0 Å². The Bertz CT molecular complexity index is 1300. The van der Waals surface area contributed by atoms with Crippen molar-refractivity contribution in [2.45, 2.75) is 50.1 Å². The second-order valence-electron chi connectivity index (χ2n) is 9.65. The molecule has 0 saturated heterocycles. The van der Waals surface area contributed by atoms with Gasteiger partial charge in [-0.2, -0.15) is 0 Å². The number of anilines is 1. The minimum Gasteiger partial charge on any atom is -0.349 e. The van der Waals surface area contributed by atoms with Crippen LogP contribution in [0.4, 0.5) is 5.69 Å². The molecule has 1 N–H and O–H groups in total. The van der Waals surface area contributed by atoms with Crippen LogP contribution in [-0.2, 0) is 11.3 Å². The van der Waals surface area contributed by atoms with Gasteiger partial charge in [0.1, 0.15) is 0 Å². The first-order chi connectivity index (χ1) is 17.5. The summed E-state index contributed by atoms with van der Waals surface area (Å²) in [5, 5.41) is 3.83. The Kier molecular flexibility index (Phi) is 7.49. The van der Waals surface area contributed by atoms with Gasteiger partial charge in [-0.25, -0.2) is 0 Å². The molecule has 36 heavy (non-hydrogen) atoms. The topological polar surface area (TPSA) is 49.4 Å². The lowest BCUT2D eigenvalue weighted by Gasteiger charge is -2.30. The molecule has 1 fully saturated rings. The third-order valence-electron chi connectivity index (χ3n) is 6.88. The number of benzene rings is 3. The number of hydrogen-bond donors (Lipinski definition) is 1. The normalized spacial score (nSPS) is 20.8. The lowest BCUT2D eigenvalue weighted by molar-refractivity contribution is -0.114. The van der Waals surface area contributed by atoms with Crippen molar-refractivity contribution in [1.82, 2.24) is 5.32 Å². The Morgan fingerprint density at radius 2 is 1.78 bits per heavy atom. The fourth-order valence-corrected chi connectivity index (χ4v) is 6.06. The Labute approximate surface area is 221 Å². The first kappa shape index (κ1) is 24.7. The van der Waals surface area contributed by atoms with Gasteiger partial charge in [-0.15, -0.1) is 0 Å². The van der Waals surface area contributed by atoms with E-state index in [2.05, 4.69) is 12.2 Å². The van der Waals surface area contributed by atoms with Crippen molar-refractivity contribution in [1.29, 1.82) is 0 Å². The van der Waals surface area contributed by atoms with Gasteiger partial charge in [-0.1, -0.05) is 66.7 Å². The smallest absolute Gasteiger partial charge is 0.265 e. The summed E-state index contributed by atoms with van der Waals surface area (Å²) in [6.45, 7) is 2.71. The summed E-state index contributed by atoms with van der Waals surface area (Å²) in [6, 6.07) is 23.3. The molecule has 1 saturated carbocycles. The van der Waals surface area contributed by atoms with E-state index in [1.165, 1.54) is 24.6 Å². The number of hydrogen-bond acceptors (Lipinski definition) is 3. The van der Waals surface area contributed by atoms with Crippen molar-refractivity contribution in [2.24, 2.45) is 5.92 Å². The number of fused-ring (bicyclic) bond motifs is 1. The lowest BCUT2D eigenvalue weighted by atomic mass is 9.87. The second-order valence-corrected chi connectivity index (χ2v) is 11.2. The molecule has 0 unspecified atom stereocenters. The molecule has 1 aliphatic carbocycles. The maximum atomic E-state index is 13.5. The maximum absolute atomic E-state index is 13.5. The van der Waals surface area contributed by atoms with E-state index in [-0.39, 0.29) is 17.9 Å². The predicted molar refractivity (Wildman–Crippen MR) is 148 cm³/mol. The van der Waals surface area contributed by atoms with Gasteiger partial charge in [0, 0.05) is 21.5 Å². The van der Waals surface area contributed by atoms with E-state index >= 15 is 0 Å². The fraction of sp³-hybridized carbons (Fsp3) is 0.267. The summed E-state index contributed by atoms with van der Waals surface area (Å²) in [6.07, 6.45) is 6.33. The standard InChI is InChI=1S/C30H29ClN2O2S/c1-20-9-15-25(16-10-20)32-29(34)23-13-11-21(12-14-23)18-28-30(35)33(19-22-5-4-6-24(31)17-22)26-7-2-3-8-27(26)36-28/h2-8,11-14,17-18,20,25H,9-10,15-16,19H2,1H3,(H,32,34). The fourth-order valence-electron chi connectivity index (χ4n) is 4.79. The van der Waals surface area contributed by atoms with Gasteiger partial charge in [-0.05, 0) is 85.2 Å². The highest BCUT2D eigenvalue weighted by Crippen LogP contribution is 2.42. The third-order valence-corrected chi connectivity index (χ3v) is 8.20. The van der Waals surface area contributed by atoms with Crippen molar-refractivity contribution >= 4 is 46.9 Å². The zero-order chi connectivity index (χ0) is 25.1. The maximum Gasteiger partial charge on any atom is 0.265 e. The number of amides is 2. The van der Waals surface area contributed by atoms with Crippen LogP contribution in [0.15, 0.2) is 82.6 Å². The van der Waals surface area contributed by atoms with Crippen molar-refractivity contribution in [3.8, 4) is 0 Å². The van der Waals surface area contributed by atoms with Crippen LogP contribution in [0.25, 0.3) is 6.08 Å². The Balaban J connectivity index is 1.34. The van der Waals surface area contributed by atoms with E-state index in [9.17, 15) is 9.59 Å². The number of thioether (sulfide) groups is 1. The van der Waals surface area contributed by atoms with Gasteiger partial charge in [0.25, 0.3) is 11.8 Å². The first-order valence-electron chi connectivity index (χ1n) is 12.4. The Morgan fingerprint density at radius 1 is 1.03 bits per heavy atom. The summed E-state index contributed by atoms with van der Waals surface area (Å²) < 4.78 is 0. The molecular weight excluding hydrogens is 488 g/mol. The number of nitrogens with zero attached hydrogens (tertiary/aromatic N) is 1. The average molecular weight is 517 g/mol. The molecule has 3 aromatic carbocycles. The molecular formula is C30H29ClN2O2S. The van der Waals surface area contributed by atoms with Crippen molar-refractivity contribution in [3.05, 3.63) is 99.4 Å². The summed E-state index contributed by atoms with van der Waals surface area (Å²) in [7, 11) is 0. The minimum atomic E-state index is -0.0491. The van der Waals surface area contributed by atoms with Crippen molar-refractivity contribution in [2.75, 3.05) is 4.90 Å². The lowest BCUT2D eigenvalue weighted by Crippen LogP contribution is -2.37. The molecule has 6 heteroatoms. The minimum absolute atomic E-state index is 0.0292. The molecule has 5 rings (SSSR count). The van der Waals surface area contributed by atoms with Crippen LogP contribution in [0.2, 0.25) is 5.02 Å². The number of nitrogens with one attached hydrogen (secondary N) is 1. The predicted octanol–water partition coefficient (Wildman–Crippen LogP) is 7.33. The molecule has 184 valence electrons.